The van der Waals surface area contributed by atoms with Crippen LogP contribution in [-0.4, -0.2) is 22.5 Å². The highest BCUT2D eigenvalue weighted by molar-refractivity contribution is 5.93. The molecule has 1 heterocycles. The van der Waals surface area contributed by atoms with Gasteiger partial charge in [0.15, 0.2) is 5.69 Å². The summed E-state index contributed by atoms with van der Waals surface area (Å²) in [7, 11) is 0. The van der Waals surface area contributed by atoms with Crippen LogP contribution in [0.1, 0.15) is 35.0 Å². The molecule has 0 aliphatic carbocycles. The van der Waals surface area contributed by atoms with Crippen molar-refractivity contribution in [2.45, 2.75) is 13.3 Å². The van der Waals surface area contributed by atoms with Crippen molar-refractivity contribution in [2.24, 2.45) is 0 Å². The van der Waals surface area contributed by atoms with Crippen molar-refractivity contribution in [3.8, 4) is 6.07 Å². The second kappa shape index (κ2) is 5.81. The molecule has 0 amide bonds. The van der Waals surface area contributed by atoms with Gasteiger partial charge < -0.3 is 4.74 Å². The van der Waals surface area contributed by atoms with Crippen molar-refractivity contribution in [1.82, 2.24) is 4.98 Å². The van der Waals surface area contributed by atoms with Gasteiger partial charge in [0.25, 0.3) is 6.43 Å². The molecule has 0 fully saturated rings. The van der Waals surface area contributed by atoms with Gasteiger partial charge in [-0.25, -0.2) is 18.6 Å². The van der Waals surface area contributed by atoms with E-state index < -0.39 is 39.8 Å². The molecule has 100 valence electrons. The van der Waals surface area contributed by atoms with Crippen LogP contribution in [0.15, 0.2) is 6.20 Å². The second-order valence-corrected chi connectivity index (χ2v) is 3.17. The van der Waals surface area contributed by atoms with Crippen LogP contribution in [0.25, 0.3) is 0 Å². The number of halogens is 2. The van der Waals surface area contributed by atoms with Gasteiger partial charge in [-0.15, -0.1) is 0 Å². The van der Waals surface area contributed by atoms with E-state index in [9.17, 15) is 23.7 Å². The van der Waals surface area contributed by atoms with E-state index in [2.05, 4.69) is 9.72 Å². The molecule has 0 spiro atoms. The first-order valence-corrected chi connectivity index (χ1v) is 4.96. The number of nitro groups is 1. The molecule has 0 bridgehead atoms. The third-order valence-corrected chi connectivity index (χ3v) is 2.08. The van der Waals surface area contributed by atoms with Gasteiger partial charge in [0.05, 0.1) is 11.5 Å². The number of carbonyl (C=O) groups excluding carboxylic acids is 1. The highest BCUT2D eigenvalue weighted by Crippen LogP contribution is 2.31. The van der Waals surface area contributed by atoms with Gasteiger partial charge in [0.1, 0.15) is 17.2 Å². The van der Waals surface area contributed by atoms with Crippen LogP contribution < -0.4 is 0 Å². The Hall–Kier alpha value is -2.63. The van der Waals surface area contributed by atoms with E-state index in [0.717, 1.165) is 0 Å². The molecule has 1 rings (SSSR count). The molecule has 0 saturated carbocycles. The highest BCUT2D eigenvalue weighted by Gasteiger charge is 2.32. The van der Waals surface area contributed by atoms with Crippen LogP contribution in [0, 0.1) is 21.4 Å². The van der Waals surface area contributed by atoms with Crippen molar-refractivity contribution in [2.75, 3.05) is 6.61 Å². The number of hydrogen-bond donors (Lipinski definition) is 0. The van der Waals surface area contributed by atoms with Gasteiger partial charge in [-0.05, 0) is 6.92 Å². The summed E-state index contributed by atoms with van der Waals surface area (Å²) in [6.07, 6.45) is -2.56. The zero-order valence-electron chi connectivity index (χ0n) is 9.59. The summed E-state index contributed by atoms with van der Waals surface area (Å²) in [5.41, 5.74) is -3.63. The lowest BCUT2D eigenvalue weighted by Gasteiger charge is -2.06. The Morgan fingerprint density at radius 3 is 2.74 bits per heavy atom. The molecular weight excluding hydrogens is 264 g/mol. The van der Waals surface area contributed by atoms with Gasteiger partial charge in [-0.2, -0.15) is 5.26 Å². The van der Waals surface area contributed by atoms with Crippen LogP contribution >= 0.6 is 0 Å². The maximum atomic E-state index is 12.6. The third-order valence-electron chi connectivity index (χ3n) is 2.08. The van der Waals surface area contributed by atoms with E-state index in [-0.39, 0.29) is 6.61 Å². The largest absolute Gasteiger partial charge is 0.462 e. The lowest BCUT2D eigenvalue weighted by atomic mass is 10.1. The number of pyridine rings is 1. The van der Waals surface area contributed by atoms with E-state index >= 15 is 0 Å². The smallest absolute Gasteiger partial charge is 0.341 e. The number of aromatic nitrogens is 1. The number of nitriles is 1. The molecule has 0 unspecified atom stereocenters. The molecule has 0 aromatic carbocycles. The molecule has 0 aliphatic rings. The Morgan fingerprint density at radius 1 is 1.68 bits per heavy atom. The quantitative estimate of drug-likeness (QED) is 0.470. The van der Waals surface area contributed by atoms with Crippen LogP contribution in [-0.2, 0) is 4.74 Å². The van der Waals surface area contributed by atoms with Gasteiger partial charge in [-0.1, -0.05) is 0 Å². The summed E-state index contributed by atoms with van der Waals surface area (Å²) in [5.74, 6) is -1.03. The Bertz CT molecular complexity index is 569. The summed E-state index contributed by atoms with van der Waals surface area (Å²) in [5, 5.41) is 19.6. The summed E-state index contributed by atoms with van der Waals surface area (Å²) in [6, 6.07) is 1.36. The minimum absolute atomic E-state index is 0.0336. The lowest BCUT2D eigenvalue weighted by molar-refractivity contribution is -0.386. The van der Waals surface area contributed by atoms with E-state index in [1.54, 1.807) is 0 Å². The number of ether oxygens (including phenoxy) is 1. The monoisotopic (exact) mass is 271 g/mol. The van der Waals surface area contributed by atoms with E-state index in [0.29, 0.717) is 6.20 Å². The molecular formula is C10H7F2N3O4. The molecule has 0 aliphatic heterocycles. The standard InChI is InChI=1S/C10H7F2N3O4/c1-2-19-10(16)6-4-14-7(9(11)12)8(15(17)18)5(6)3-13/h4,9H,2H2,1H3. The lowest BCUT2D eigenvalue weighted by Crippen LogP contribution is -2.12. The van der Waals surface area contributed by atoms with Gasteiger partial charge in [-0.3, -0.25) is 10.1 Å². The number of esters is 1. The van der Waals surface area contributed by atoms with Crippen LogP contribution in [0.4, 0.5) is 14.5 Å². The second-order valence-electron chi connectivity index (χ2n) is 3.17. The van der Waals surface area contributed by atoms with E-state index in [1.165, 1.54) is 13.0 Å². The predicted molar refractivity (Wildman–Crippen MR) is 56.5 cm³/mol. The SMILES string of the molecule is CCOC(=O)c1cnc(C(F)F)c([N+](=O)[O-])c1C#N. The molecule has 1 aromatic heterocycles. The van der Waals surface area contributed by atoms with E-state index in [1.807, 2.05) is 0 Å². The molecule has 19 heavy (non-hydrogen) atoms. The van der Waals surface area contributed by atoms with Crippen LogP contribution in [0.3, 0.4) is 0 Å². The van der Waals surface area contributed by atoms with Crippen LogP contribution in [0.5, 0.6) is 0 Å². The van der Waals surface area contributed by atoms with E-state index in [4.69, 9.17) is 5.26 Å². The molecule has 0 N–H and O–H groups in total. The summed E-state index contributed by atoms with van der Waals surface area (Å²) in [6.45, 7) is 1.45. The summed E-state index contributed by atoms with van der Waals surface area (Å²) in [4.78, 5) is 24.2. The Labute approximate surface area is 105 Å². The fourth-order valence-electron chi connectivity index (χ4n) is 1.34. The van der Waals surface area contributed by atoms with Crippen molar-refractivity contribution < 1.29 is 23.2 Å². The molecule has 0 saturated heterocycles. The minimum atomic E-state index is -3.23. The topological polar surface area (TPSA) is 106 Å². The normalized spacial score (nSPS) is 10.1. The van der Waals surface area contributed by atoms with Crippen molar-refractivity contribution >= 4 is 11.7 Å². The average Bonchev–Trinajstić information content (AvgIpc) is 2.36. The Morgan fingerprint density at radius 2 is 2.32 bits per heavy atom. The van der Waals surface area contributed by atoms with Crippen molar-refractivity contribution in [1.29, 1.82) is 5.26 Å². The minimum Gasteiger partial charge on any atom is -0.462 e. The molecule has 9 heteroatoms. The first-order valence-electron chi connectivity index (χ1n) is 4.96. The molecule has 7 nitrogen and oxygen atoms in total. The number of alkyl halides is 2. The Kier molecular flexibility index (Phi) is 4.41. The predicted octanol–water partition coefficient (Wildman–Crippen LogP) is 1.98. The van der Waals surface area contributed by atoms with Crippen LogP contribution in [0.2, 0.25) is 0 Å². The third kappa shape index (κ3) is 2.79. The summed E-state index contributed by atoms with van der Waals surface area (Å²) >= 11 is 0. The molecule has 0 radical (unpaired) electrons. The van der Waals surface area contributed by atoms with Gasteiger partial charge >= 0.3 is 11.7 Å². The zero-order chi connectivity index (χ0) is 14.6. The zero-order valence-corrected chi connectivity index (χ0v) is 9.59. The summed E-state index contributed by atoms with van der Waals surface area (Å²) < 4.78 is 29.8. The highest BCUT2D eigenvalue weighted by atomic mass is 19.3. The number of carbonyl (C=O) groups is 1. The average molecular weight is 271 g/mol. The molecule has 1 aromatic rings. The number of rotatable bonds is 4. The Balaban J connectivity index is 3.55. The number of nitrogens with zero attached hydrogens (tertiary/aromatic N) is 3. The first-order chi connectivity index (χ1) is 8.93. The maximum Gasteiger partial charge on any atom is 0.341 e. The number of hydrogen-bond acceptors (Lipinski definition) is 6. The first kappa shape index (κ1) is 14.4. The fourth-order valence-corrected chi connectivity index (χ4v) is 1.34. The van der Waals surface area contributed by atoms with Gasteiger partial charge in [0.2, 0.25) is 0 Å². The van der Waals surface area contributed by atoms with Crippen molar-refractivity contribution in [3.63, 3.8) is 0 Å². The van der Waals surface area contributed by atoms with Gasteiger partial charge in [0, 0.05) is 6.20 Å². The van der Waals surface area contributed by atoms with Crippen molar-refractivity contribution in [3.05, 3.63) is 33.1 Å². The fraction of sp³-hybridized carbons (Fsp3) is 0.300. The molecule has 0 atom stereocenters. The maximum absolute atomic E-state index is 12.6.